The van der Waals surface area contributed by atoms with Crippen molar-refractivity contribution in [2.24, 2.45) is 5.92 Å². The van der Waals surface area contributed by atoms with Crippen molar-refractivity contribution in [2.45, 2.75) is 31.1 Å². The Balaban J connectivity index is 1.60. The summed E-state index contributed by atoms with van der Waals surface area (Å²) in [6.07, 6.45) is 2.89. The molecule has 24 heavy (non-hydrogen) atoms. The van der Waals surface area contributed by atoms with E-state index in [1.165, 1.54) is 19.4 Å². The molecule has 5 nitrogen and oxygen atoms in total. The highest BCUT2D eigenvalue weighted by atomic mass is 32.2. The van der Waals surface area contributed by atoms with Gasteiger partial charge in [0.25, 0.3) is 5.91 Å². The second-order valence-electron chi connectivity index (χ2n) is 6.47. The van der Waals surface area contributed by atoms with Crippen LogP contribution in [0.2, 0.25) is 0 Å². The van der Waals surface area contributed by atoms with E-state index in [9.17, 15) is 9.59 Å². The van der Waals surface area contributed by atoms with Gasteiger partial charge in [-0.3, -0.25) is 9.59 Å². The van der Waals surface area contributed by atoms with Gasteiger partial charge >= 0.3 is 0 Å². The quantitative estimate of drug-likeness (QED) is 0.879. The number of fused-ring (bicyclic) bond motifs is 1. The van der Waals surface area contributed by atoms with Crippen molar-refractivity contribution in [3.05, 3.63) is 23.8 Å². The van der Waals surface area contributed by atoms with E-state index in [2.05, 4.69) is 22.5 Å². The Hall–Kier alpha value is -1.53. The van der Waals surface area contributed by atoms with Crippen LogP contribution >= 0.6 is 11.8 Å². The summed E-state index contributed by atoms with van der Waals surface area (Å²) in [7, 11) is 0. The first-order valence-electron chi connectivity index (χ1n) is 8.73. The Morgan fingerprint density at radius 3 is 3.17 bits per heavy atom. The predicted octanol–water partition coefficient (Wildman–Crippen LogP) is 2.58. The van der Waals surface area contributed by atoms with Gasteiger partial charge in [-0.2, -0.15) is 0 Å². The van der Waals surface area contributed by atoms with E-state index in [-0.39, 0.29) is 11.8 Å². The summed E-state index contributed by atoms with van der Waals surface area (Å²) in [5.41, 5.74) is 1.37. The number of likely N-dealkylation sites (tertiary alicyclic amines) is 1. The lowest BCUT2D eigenvalue weighted by molar-refractivity contribution is -0.115. The zero-order valence-corrected chi connectivity index (χ0v) is 15.0. The minimum absolute atomic E-state index is 0.0145. The molecule has 1 unspecified atom stereocenters. The molecular weight excluding hydrogens is 322 g/mol. The van der Waals surface area contributed by atoms with E-state index in [0.717, 1.165) is 29.4 Å². The Morgan fingerprint density at radius 2 is 2.33 bits per heavy atom. The number of thioether (sulfide) groups is 1. The maximum absolute atomic E-state index is 12.4. The smallest absolute Gasteiger partial charge is 0.251 e. The standard InChI is InChI=1S/C18H25N3O2S/c1-2-21-8-3-4-13(12-21)11-19-18(23)14-5-6-16-15(10-14)20-17(22)7-9-24-16/h5-6,10,13H,2-4,7-9,11-12H2,1H3,(H,19,23)(H,20,22). The van der Waals surface area contributed by atoms with Crippen LogP contribution in [0.15, 0.2) is 23.1 Å². The molecule has 0 aliphatic carbocycles. The molecule has 1 fully saturated rings. The number of hydrogen-bond acceptors (Lipinski definition) is 4. The molecule has 2 heterocycles. The summed E-state index contributed by atoms with van der Waals surface area (Å²) < 4.78 is 0. The van der Waals surface area contributed by atoms with Crippen molar-refractivity contribution >= 4 is 29.3 Å². The number of piperidine rings is 1. The third kappa shape index (κ3) is 4.30. The number of amides is 2. The van der Waals surface area contributed by atoms with Crippen LogP contribution in [0.5, 0.6) is 0 Å². The first-order valence-corrected chi connectivity index (χ1v) is 9.71. The maximum Gasteiger partial charge on any atom is 0.251 e. The Labute approximate surface area is 147 Å². The number of carbonyl (C=O) groups excluding carboxylic acids is 2. The number of rotatable bonds is 4. The second kappa shape index (κ2) is 8.03. The SMILES string of the molecule is CCN1CCCC(CNC(=O)c2ccc3c(c2)NC(=O)CCS3)C1. The van der Waals surface area contributed by atoms with Gasteiger partial charge in [0.15, 0.2) is 0 Å². The summed E-state index contributed by atoms with van der Waals surface area (Å²) >= 11 is 1.65. The highest BCUT2D eigenvalue weighted by molar-refractivity contribution is 7.99. The molecule has 1 aromatic rings. The minimum Gasteiger partial charge on any atom is -0.352 e. The summed E-state index contributed by atoms with van der Waals surface area (Å²) in [5, 5.41) is 5.95. The van der Waals surface area contributed by atoms with Crippen LogP contribution in [0.25, 0.3) is 0 Å². The molecule has 2 aliphatic rings. The van der Waals surface area contributed by atoms with E-state index >= 15 is 0 Å². The minimum atomic E-state index is -0.0603. The zero-order chi connectivity index (χ0) is 16.9. The summed E-state index contributed by atoms with van der Waals surface area (Å²) in [6, 6.07) is 5.57. The molecule has 2 N–H and O–H groups in total. The molecule has 2 aliphatic heterocycles. The topological polar surface area (TPSA) is 61.4 Å². The lowest BCUT2D eigenvalue weighted by Crippen LogP contribution is -2.40. The van der Waals surface area contributed by atoms with Crippen molar-refractivity contribution in [2.75, 3.05) is 37.2 Å². The fourth-order valence-corrected chi connectivity index (χ4v) is 4.24. The molecule has 0 bridgehead atoms. The lowest BCUT2D eigenvalue weighted by Gasteiger charge is -2.31. The Kier molecular flexibility index (Phi) is 5.79. The monoisotopic (exact) mass is 347 g/mol. The van der Waals surface area contributed by atoms with Gasteiger partial charge in [0, 0.05) is 35.7 Å². The first-order chi connectivity index (χ1) is 11.7. The Bertz CT molecular complexity index is 620. The lowest BCUT2D eigenvalue weighted by atomic mass is 9.98. The van der Waals surface area contributed by atoms with Crippen LogP contribution in [-0.4, -0.2) is 48.6 Å². The van der Waals surface area contributed by atoms with Gasteiger partial charge in [0.05, 0.1) is 5.69 Å². The number of benzene rings is 1. The summed E-state index contributed by atoms with van der Waals surface area (Å²) in [6.45, 7) is 6.21. The van der Waals surface area contributed by atoms with Crippen molar-refractivity contribution in [3.63, 3.8) is 0 Å². The highest BCUT2D eigenvalue weighted by Gasteiger charge is 2.20. The van der Waals surface area contributed by atoms with E-state index in [1.807, 2.05) is 12.1 Å². The van der Waals surface area contributed by atoms with Crippen LogP contribution in [-0.2, 0) is 4.79 Å². The molecule has 0 radical (unpaired) electrons. The molecule has 0 saturated carbocycles. The van der Waals surface area contributed by atoms with Crippen LogP contribution in [0.4, 0.5) is 5.69 Å². The van der Waals surface area contributed by atoms with Gasteiger partial charge in [-0.25, -0.2) is 0 Å². The van der Waals surface area contributed by atoms with Crippen LogP contribution in [0.1, 0.15) is 36.5 Å². The second-order valence-corrected chi connectivity index (χ2v) is 7.61. The number of carbonyl (C=O) groups is 2. The van der Waals surface area contributed by atoms with Gasteiger partial charge in [-0.15, -0.1) is 11.8 Å². The fourth-order valence-electron chi connectivity index (χ4n) is 3.31. The molecule has 130 valence electrons. The average Bonchev–Trinajstić information content (AvgIpc) is 2.79. The zero-order valence-electron chi connectivity index (χ0n) is 14.1. The molecule has 1 saturated heterocycles. The highest BCUT2D eigenvalue weighted by Crippen LogP contribution is 2.31. The molecule has 1 aromatic carbocycles. The molecule has 0 aromatic heterocycles. The average molecular weight is 347 g/mol. The number of hydrogen-bond donors (Lipinski definition) is 2. The predicted molar refractivity (Wildman–Crippen MR) is 97.6 cm³/mol. The third-order valence-corrected chi connectivity index (χ3v) is 5.78. The van der Waals surface area contributed by atoms with Crippen molar-refractivity contribution < 1.29 is 9.59 Å². The third-order valence-electron chi connectivity index (χ3n) is 4.70. The van der Waals surface area contributed by atoms with Gasteiger partial charge < -0.3 is 15.5 Å². The van der Waals surface area contributed by atoms with Gasteiger partial charge in [0.1, 0.15) is 0 Å². The molecule has 1 atom stereocenters. The normalized spacial score (nSPS) is 21.5. The van der Waals surface area contributed by atoms with Crippen LogP contribution in [0, 0.1) is 5.92 Å². The van der Waals surface area contributed by atoms with Gasteiger partial charge in [0.2, 0.25) is 5.91 Å². The first kappa shape index (κ1) is 17.3. The number of anilines is 1. The van der Waals surface area contributed by atoms with Crippen molar-refractivity contribution in [1.82, 2.24) is 10.2 Å². The van der Waals surface area contributed by atoms with E-state index in [0.29, 0.717) is 24.4 Å². The van der Waals surface area contributed by atoms with Crippen LogP contribution in [0.3, 0.4) is 0 Å². The van der Waals surface area contributed by atoms with E-state index in [4.69, 9.17) is 0 Å². The number of nitrogens with one attached hydrogen (secondary N) is 2. The maximum atomic E-state index is 12.4. The molecular formula is C18H25N3O2S. The summed E-state index contributed by atoms with van der Waals surface area (Å²) in [5.74, 6) is 1.26. The van der Waals surface area contributed by atoms with Crippen molar-refractivity contribution in [3.8, 4) is 0 Å². The van der Waals surface area contributed by atoms with Crippen LogP contribution < -0.4 is 10.6 Å². The van der Waals surface area contributed by atoms with E-state index in [1.54, 1.807) is 17.8 Å². The van der Waals surface area contributed by atoms with Crippen molar-refractivity contribution in [1.29, 1.82) is 0 Å². The summed E-state index contributed by atoms with van der Waals surface area (Å²) in [4.78, 5) is 27.6. The number of nitrogens with zero attached hydrogens (tertiary/aromatic N) is 1. The molecule has 2 amide bonds. The molecule has 3 rings (SSSR count). The van der Waals surface area contributed by atoms with Gasteiger partial charge in [-0.05, 0) is 50.0 Å². The largest absolute Gasteiger partial charge is 0.352 e. The van der Waals surface area contributed by atoms with E-state index < -0.39 is 0 Å². The fraction of sp³-hybridized carbons (Fsp3) is 0.556. The van der Waals surface area contributed by atoms with Gasteiger partial charge in [-0.1, -0.05) is 6.92 Å². The Morgan fingerprint density at radius 1 is 1.46 bits per heavy atom. The molecule has 0 spiro atoms. The molecule has 6 heteroatoms.